The zero-order chi connectivity index (χ0) is 16.5. The van der Waals surface area contributed by atoms with Gasteiger partial charge in [-0.2, -0.15) is 9.61 Å². The molecule has 8 heteroatoms. The number of ether oxygens (including phenoxy) is 2. The number of benzene rings is 1. The lowest BCUT2D eigenvalue weighted by atomic mass is 10.0. The van der Waals surface area contributed by atoms with E-state index < -0.39 is 0 Å². The minimum atomic E-state index is -0.00231. The molecule has 1 aliphatic heterocycles. The number of hydrogen-bond acceptors (Lipinski definition) is 6. The highest BCUT2D eigenvalue weighted by Gasteiger charge is 2.33. The summed E-state index contributed by atoms with van der Waals surface area (Å²) in [6, 6.07) is 8.01. The average molecular weight is 347 g/mol. The van der Waals surface area contributed by atoms with E-state index in [2.05, 4.69) is 16.1 Å². The first kappa shape index (κ1) is 15.4. The van der Waals surface area contributed by atoms with Crippen LogP contribution in [0.25, 0.3) is 4.96 Å². The lowest BCUT2D eigenvalue weighted by Crippen LogP contribution is -3.14. The number of methoxy groups -OCH3 is 1. The zero-order valence-electron chi connectivity index (χ0n) is 13.3. The molecule has 1 fully saturated rings. The molecular weight excluding hydrogens is 328 g/mol. The van der Waals surface area contributed by atoms with Crippen LogP contribution >= 0.6 is 11.3 Å². The maximum absolute atomic E-state index is 10.7. The van der Waals surface area contributed by atoms with E-state index in [9.17, 15) is 5.11 Å². The van der Waals surface area contributed by atoms with E-state index in [1.165, 1.54) is 27.1 Å². The maximum atomic E-state index is 10.7. The van der Waals surface area contributed by atoms with E-state index in [4.69, 9.17) is 9.47 Å². The fourth-order valence-electron chi connectivity index (χ4n) is 3.20. The summed E-state index contributed by atoms with van der Waals surface area (Å²) >= 11 is 1.48. The Morgan fingerprint density at radius 2 is 2.21 bits per heavy atom. The fraction of sp³-hybridized carbons (Fsp3) is 0.375. The summed E-state index contributed by atoms with van der Waals surface area (Å²) in [7, 11) is 1.66. The van der Waals surface area contributed by atoms with Gasteiger partial charge < -0.3 is 19.5 Å². The Labute approximate surface area is 143 Å². The van der Waals surface area contributed by atoms with Gasteiger partial charge in [-0.05, 0) is 12.1 Å². The molecule has 2 aromatic heterocycles. The fourth-order valence-corrected chi connectivity index (χ4v) is 4.31. The first-order chi connectivity index (χ1) is 11.8. The van der Waals surface area contributed by atoms with Crippen LogP contribution in [0.2, 0.25) is 0 Å². The van der Waals surface area contributed by atoms with Crippen LogP contribution < -0.4 is 9.64 Å². The lowest BCUT2D eigenvalue weighted by molar-refractivity contribution is -0.932. The van der Waals surface area contributed by atoms with Gasteiger partial charge in [-0.3, -0.25) is 0 Å². The molecule has 0 bridgehead atoms. The minimum Gasteiger partial charge on any atom is -0.497 e. The van der Waals surface area contributed by atoms with Gasteiger partial charge in [-0.15, -0.1) is 0 Å². The normalized spacial score (nSPS) is 17.2. The molecule has 0 unspecified atom stereocenters. The van der Waals surface area contributed by atoms with Crippen LogP contribution in [0.3, 0.4) is 0 Å². The van der Waals surface area contributed by atoms with E-state index in [-0.39, 0.29) is 11.9 Å². The predicted molar refractivity (Wildman–Crippen MR) is 88.9 cm³/mol. The molecule has 1 saturated heterocycles. The number of nitrogens with zero attached hydrogens (tertiary/aromatic N) is 3. The molecule has 4 rings (SSSR count). The van der Waals surface area contributed by atoms with Crippen molar-refractivity contribution < 1.29 is 19.5 Å². The van der Waals surface area contributed by atoms with Crippen molar-refractivity contribution in [2.75, 3.05) is 33.4 Å². The molecule has 126 valence electrons. The minimum absolute atomic E-state index is 0.00231. The molecule has 2 N–H and O–H groups in total. The molecule has 24 heavy (non-hydrogen) atoms. The number of quaternary nitrogens is 1. The molecule has 3 aromatic rings. The maximum Gasteiger partial charge on any atom is 0.235 e. The van der Waals surface area contributed by atoms with E-state index >= 15 is 0 Å². The highest BCUT2D eigenvalue weighted by molar-refractivity contribution is 7.17. The standard InChI is InChI=1S/C16H18N4O3S/c1-22-12-4-2-3-11(9-12)13(19-5-7-23-8-6-19)14-15(21)20-16(24-14)17-10-18-20/h2-4,9-10,13,21H,5-8H2,1H3/p+1/t13-/m0/s1. The highest BCUT2D eigenvalue weighted by Crippen LogP contribution is 2.35. The van der Waals surface area contributed by atoms with Crippen molar-refractivity contribution in [3.63, 3.8) is 0 Å². The molecule has 1 aromatic carbocycles. The van der Waals surface area contributed by atoms with E-state index in [0.717, 1.165) is 42.5 Å². The molecule has 0 radical (unpaired) electrons. The van der Waals surface area contributed by atoms with E-state index in [0.29, 0.717) is 4.96 Å². The Bertz CT molecular complexity index is 841. The summed E-state index contributed by atoms with van der Waals surface area (Å²) in [5.41, 5.74) is 1.10. The highest BCUT2D eigenvalue weighted by atomic mass is 32.1. The summed E-state index contributed by atoms with van der Waals surface area (Å²) in [5, 5.41) is 14.8. The van der Waals surface area contributed by atoms with Gasteiger partial charge in [0, 0.05) is 5.56 Å². The Morgan fingerprint density at radius 3 is 2.96 bits per heavy atom. The van der Waals surface area contributed by atoms with Gasteiger partial charge in [0.05, 0.1) is 20.3 Å². The van der Waals surface area contributed by atoms with Crippen LogP contribution in [-0.2, 0) is 4.74 Å². The van der Waals surface area contributed by atoms with Crippen molar-refractivity contribution in [2.45, 2.75) is 6.04 Å². The van der Waals surface area contributed by atoms with Gasteiger partial charge in [-0.25, -0.2) is 4.98 Å². The van der Waals surface area contributed by atoms with E-state index in [1.807, 2.05) is 18.2 Å². The molecule has 0 amide bonds. The summed E-state index contributed by atoms with van der Waals surface area (Å²) < 4.78 is 12.4. The van der Waals surface area contributed by atoms with Gasteiger partial charge in [0.25, 0.3) is 0 Å². The lowest BCUT2D eigenvalue weighted by Gasteiger charge is -2.31. The second-order valence-electron chi connectivity index (χ2n) is 5.72. The average Bonchev–Trinajstić information content (AvgIpc) is 3.20. The van der Waals surface area contributed by atoms with Crippen LogP contribution in [0, 0.1) is 0 Å². The van der Waals surface area contributed by atoms with Crippen molar-refractivity contribution in [3.8, 4) is 11.6 Å². The van der Waals surface area contributed by atoms with Crippen molar-refractivity contribution in [3.05, 3.63) is 41.0 Å². The zero-order valence-corrected chi connectivity index (χ0v) is 14.1. The molecule has 1 atom stereocenters. The van der Waals surface area contributed by atoms with Crippen molar-refractivity contribution in [1.82, 2.24) is 14.6 Å². The van der Waals surface area contributed by atoms with Crippen LogP contribution in [-0.4, -0.2) is 53.1 Å². The number of fused-ring (bicyclic) bond motifs is 1. The SMILES string of the molecule is COc1cccc([C@@H](c2sc3ncnn3c2O)[NH+]2CCOCC2)c1. The number of aromatic nitrogens is 3. The van der Waals surface area contributed by atoms with Gasteiger partial charge in [0.15, 0.2) is 6.04 Å². The topological polar surface area (TPSA) is 73.3 Å². The third-order valence-corrected chi connectivity index (χ3v) is 5.47. The molecule has 0 saturated carbocycles. The molecule has 0 aliphatic carbocycles. The number of hydrogen-bond donors (Lipinski definition) is 2. The summed E-state index contributed by atoms with van der Waals surface area (Å²) in [6.45, 7) is 3.21. The Kier molecular flexibility index (Phi) is 4.09. The predicted octanol–water partition coefficient (Wildman–Crippen LogP) is 0.509. The number of nitrogens with one attached hydrogen (secondary N) is 1. The van der Waals surface area contributed by atoms with E-state index in [1.54, 1.807) is 7.11 Å². The monoisotopic (exact) mass is 347 g/mol. The smallest absolute Gasteiger partial charge is 0.235 e. The Hall–Kier alpha value is -2.16. The molecule has 3 heterocycles. The van der Waals surface area contributed by atoms with Gasteiger partial charge in [0.1, 0.15) is 30.0 Å². The first-order valence-corrected chi connectivity index (χ1v) is 8.67. The second kappa shape index (κ2) is 6.39. The third-order valence-electron chi connectivity index (χ3n) is 4.37. The van der Waals surface area contributed by atoms with Crippen LogP contribution in [0.5, 0.6) is 11.6 Å². The van der Waals surface area contributed by atoms with Crippen LogP contribution in [0.15, 0.2) is 30.6 Å². The van der Waals surface area contributed by atoms with Gasteiger partial charge in [-0.1, -0.05) is 23.5 Å². The molecule has 1 aliphatic rings. The number of thiazole rings is 1. The number of morpholine rings is 1. The van der Waals surface area contributed by atoms with Crippen LogP contribution in [0.1, 0.15) is 16.5 Å². The van der Waals surface area contributed by atoms with Crippen LogP contribution in [0.4, 0.5) is 0 Å². The number of aromatic hydroxyl groups is 1. The second-order valence-corrected chi connectivity index (χ2v) is 6.73. The summed E-state index contributed by atoms with van der Waals surface area (Å²) in [6.07, 6.45) is 1.46. The van der Waals surface area contributed by atoms with Crippen molar-refractivity contribution in [2.24, 2.45) is 0 Å². The largest absolute Gasteiger partial charge is 0.497 e. The third kappa shape index (κ3) is 2.62. The summed E-state index contributed by atoms with van der Waals surface area (Å²) in [5.74, 6) is 0.975. The summed E-state index contributed by atoms with van der Waals surface area (Å²) in [4.78, 5) is 7.13. The van der Waals surface area contributed by atoms with Gasteiger partial charge >= 0.3 is 0 Å². The van der Waals surface area contributed by atoms with Crippen molar-refractivity contribution >= 4 is 16.3 Å². The Morgan fingerprint density at radius 1 is 1.38 bits per heavy atom. The Balaban J connectivity index is 1.82. The van der Waals surface area contributed by atoms with Gasteiger partial charge in [0.2, 0.25) is 10.8 Å². The quantitative estimate of drug-likeness (QED) is 0.719. The molecule has 0 spiro atoms. The van der Waals surface area contributed by atoms with Crippen molar-refractivity contribution in [1.29, 1.82) is 0 Å². The number of rotatable bonds is 4. The molecular formula is C16H19N4O3S+. The first-order valence-electron chi connectivity index (χ1n) is 7.85. The molecule has 7 nitrogen and oxygen atoms in total.